The van der Waals surface area contributed by atoms with Gasteiger partial charge in [0.15, 0.2) is 0 Å². The van der Waals surface area contributed by atoms with Gasteiger partial charge in [0.05, 0.1) is 0 Å². The van der Waals surface area contributed by atoms with Gasteiger partial charge in [-0.25, -0.2) is 0 Å². The molecule has 4 nitrogen and oxygen atoms in total. The first kappa shape index (κ1) is 14.1. The molecule has 0 atom stereocenters. The van der Waals surface area contributed by atoms with Crippen molar-refractivity contribution < 1.29 is 8.85 Å². The van der Waals surface area contributed by atoms with Crippen LogP contribution in [-0.4, -0.2) is 57.4 Å². The molecule has 0 N–H and O–H groups in total. The smallest absolute Gasteiger partial charge is 0.374 e. The molecule has 0 radical (unpaired) electrons. The maximum Gasteiger partial charge on any atom is 0.522 e. The fourth-order valence-electron chi connectivity index (χ4n) is 2.58. The van der Waals surface area contributed by atoms with Crippen molar-refractivity contribution in [3.05, 3.63) is 0 Å². The lowest BCUT2D eigenvalue weighted by Crippen LogP contribution is -2.74. The van der Waals surface area contributed by atoms with Gasteiger partial charge in [-0.3, -0.25) is 9.13 Å². The predicted octanol–water partition coefficient (Wildman–Crippen LogP) is 1.54. The first-order valence-corrected chi connectivity index (χ1v) is 7.84. The summed E-state index contributed by atoms with van der Waals surface area (Å²) in [4.78, 5) is 0. The van der Waals surface area contributed by atoms with Crippen LogP contribution >= 0.6 is 0 Å². The number of hydrogen-bond donors (Lipinski definition) is 0. The largest absolute Gasteiger partial charge is 0.522 e. The molecule has 0 aromatic carbocycles. The summed E-state index contributed by atoms with van der Waals surface area (Å²) in [7, 11) is 1.22. The minimum absolute atomic E-state index is 0.466. The highest BCUT2D eigenvalue weighted by Crippen LogP contribution is 2.27. The molecule has 0 bridgehead atoms. The summed E-state index contributed by atoms with van der Waals surface area (Å²) in [5.74, 6) is 0. The number of hydrogen-bond acceptors (Lipinski definition) is 4. The summed E-state index contributed by atoms with van der Waals surface area (Å²) in [6.07, 6.45) is 1.19. The molecular formula is C11H26N2O2Si. The molecule has 1 rings (SSSR count). The lowest BCUT2D eigenvalue weighted by Gasteiger charge is -2.51. The van der Waals surface area contributed by atoms with Gasteiger partial charge in [0.25, 0.3) is 0 Å². The Hall–Kier alpha value is 0.0569. The Bertz CT molecular complexity index is 202. The highest BCUT2D eigenvalue weighted by molar-refractivity contribution is 6.61. The van der Waals surface area contributed by atoms with Gasteiger partial charge in [-0.15, -0.1) is 0 Å². The van der Waals surface area contributed by atoms with Crippen LogP contribution in [0.15, 0.2) is 0 Å². The topological polar surface area (TPSA) is 24.9 Å². The zero-order valence-electron chi connectivity index (χ0n) is 11.5. The van der Waals surface area contributed by atoms with E-state index in [9.17, 15) is 0 Å². The highest BCUT2D eigenvalue weighted by atomic mass is 28.4. The zero-order chi connectivity index (χ0) is 12.3. The van der Waals surface area contributed by atoms with E-state index < -0.39 is 8.88 Å². The Morgan fingerprint density at radius 2 is 1.25 bits per heavy atom. The fraction of sp³-hybridized carbons (Fsp3) is 1.00. The van der Waals surface area contributed by atoms with Gasteiger partial charge in [0.2, 0.25) is 0 Å². The van der Waals surface area contributed by atoms with Crippen LogP contribution in [0, 0.1) is 0 Å². The van der Waals surface area contributed by atoms with Gasteiger partial charge in [-0.2, -0.15) is 0 Å². The van der Waals surface area contributed by atoms with Crippen molar-refractivity contribution in [1.82, 2.24) is 9.13 Å². The van der Waals surface area contributed by atoms with Crippen LogP contribution in [0.4, 0.5) is 0 Å². The minimum Gasteiger partial charge on any atom is -0.374 e. The summed E-state index contributed by atoms with van der Waals surface area (Å²) in [5, 5.41) is 0. The molecule has 1 aliphatic rings. The van der Waals surface area contributed by atoms with Gasteiger partial charge in [-0.1, -0.05) is 27.7 Å². The number of nitrogens with zero attached hydrogens (tertiary/aromatic N) is 2. The van der Waals surface area contributed by atoms with E-state index in [1.165, 1.54) is 6.42 Å². The van der Waals surface area contributed by atoms with Crippen molar-refractivity contribution >= 4 is 8.88 Å². The minimum atomic E-state index is -2.35. The average Bonchev–Trinajstić information content (AvgIpc) is 2.27. The van der Waals surface area contributed by atoms with Crippen molar-refractivity contribution in [1.29, 1.82) is 0 Å². The van der Waals surface area contributed by atoms with E-state index in [4.69, 9.17) is 8.85 Å². The summed E-state index contributed by atoms with van der Waals surface area (Å²) in [5.41, 5.74) is 0. The molecule has 0 spiro atoms. The van der Waals surface area contributed by atoms with Gasteiger partial charge < -0.3 is 8.85 Å². The van der Waals surface area contributed by atoms with E-state index in [-0.39, 0.29) is 0 Å². The SMILES string of the molecule is CO[Si]1(OC)N(C(C)C)CCCN1C(C)C. The molecule has 1 heterocycles. The summed E-state index contributed by atoms with van der Waals surface area (Å²) < 4.78 is 16.5. The first-order chi connectivity index (χ1) is 7.49. The maximum atomic E-state index is 5.84. The Kier molecular flexibility index (Phi) is 4.94. The van der Waals surface area contributed by atoms with Crippen molar-refractivity contribution in [3.8, 4) is 0 Å². The van der Waals surface area contributed by atoms with E-state index in [0.29, 0.717) is 12.1 Å². The summed E-state index contributed by atoms with van der Waals surface area (Å²) >= 11 is 0. The van der Waals surface area contributed by atoms with Crippen LogP contribution in [0.1, 0.15) is 34.1 Å². The quantitative estimate of drug-likeness (QED) is 0.703. The van der Waals surface area contributed by atoms with Crippen LogP contribution in [0.25, 0.3) is 0 Å². The molecule has 1 aliphatic heterocycles. The van der Waals surface area contributed by atoms with Gasteiger partial charge in [0.1, 0.15) is 0 Å². The second kappa shape index (κ2) is 5.60. The third kappa shape index (κ3) is 2.33. The molecule has 0 aromatic heterocycles. The van der Waals surface area contributed by atoms with Gasteiger partial charge in [-0.05, 0) is 19.5 Å². The third-order valence-electron chi connectivity index (χ3n) is 3.30. The van der Waals surface area contributed by atoms with Crippen molar-refractivity contribution in [2.75, 3.05) is 27.3 Å². The van der Waals surface area contributed by atoms with Crippen LogP contribution < -0.4 is 0 Å². The van der Waals surface area contributed by atoms with Crippen LogP contribution in [-0.2, 0) is 8.85 Å². The Morgan fingerprint density at radius 1 is 0.875 bits per heavy atom. The summed E-state index contributed by atoms with van der Waals surface area (Å²) in [6.45, 7) is 11.0. The number of rotatable bonds is 4. The van der Waals surface area contributed by atoms with Crippen molar-refractivity contribution in [2.24, 2.45) is 0 Å². The molecule has 96 valence electrons. The normalized spacial score (nSPS) is 23.2. The molecule has 0 aromatic rings. The van der Waals surface area contributed by atoms with Crippen molar-refractivity contribution in [3.63, 3.8) is 0 Å². The fourth-order valence-corrected chi connectivity index (χ4v) is 6.20. The average molecular weight is 246 g/mol. The van der Waals surface area contributed by atoms with Gasteiger partial charge in [0, 0.05) is 26.3 Å². The van der Waals surface area contributed by atoms with E-state index in [1.54, 1.807) is 14.2 Å². The molecule has 0 unspecified atom stereocenters. The zero-order valence-corrected chi connectivity index (χ0v) is 12.5. The second-order valence-electron chi connectivity index (χ2n) is 4.88. The molecule has 1 fully saturated rings. The second-order valence-corrected chi connectivity index (χ2v) is 7.95. The standard InChI is InChI=1S/C11H26N2O2Si/c1-10(2)12-8-7-9-13(11(3)4)16(12,14-5)15-6/h10-11H,7-9H2,1-6H3. The monoisotopic (exact) mass is 246 g/mol. The van der Waals surface area contributed by atoms with E-state index in [1.807, 2.05) is 0 Å². The Labute approximate surface area is 101 Å². The van der Waals surface area contributed by atoms with Crippen LogP contribution in [0.3, 0.4) is 0 Å². The first-order valence-electron chi connectivity index (χ1n) is 6.13. The Morgan fingerprint density at radius 3 is 1.50 bits per heavy atom. The molecule has 0 saturated carbocycles. The molecular weight excluding hydrogens is 220 g/mol. The van der Waals surface area contributed by atoms with E-state index in [2.05, 4.69) is 36.8 Å². The Balaban J connectivity index is 3.02. The van der Waals surface area contributed by atoms with Crippen LogP contribution in [0.5, 0.6) is 0 Å². The third-order valence-corrected chi connectivity index (χ3v) is 7.30. The summed E-state index contributed by atoms with van der Waals surface area (Å²) in [6, 6.07) is 0.932. The lowest BCUT2D eigenvalue weighted by atomic mass is 10.3. The highest BCUT2D eigenvalue weighted by Gasteiger charge is 2.54. The van der Waals surface area contributed by atoms with Gasteiger partial charge >= 0.3 is 8.88 Å². The van der Waals surface area contributed by atoms with Crippen LogP contribution in [0.2, 0.25) is 0 Å². The molecule has 0 amide bonds. The lowest BCUT2D eigenvalue weighted by molar-refractivity contribution is 0.0462. The van der Waals surface area contributed by atoms with Crippen molar-refractivity contribution in [2.45, 2.75) is 46.2 Å². The molecule has 16 heavy (non-hydrogen) atoms. The molecule has 1 saturated heterocycles. The predicted molar refractivity (Wildman–Crippen MR) is 68.1 cm³/mol. The van der Waals surface area contributed by atoms with E-state index in [0.717, 1.165) is 13.1 Å². The van der Waals surface area contributed by atoms with E-state index >= 15 is 0 Å². The molecule has 5 heteroatoms. The maximum absolute atomic E-state index is 5.84. The molecule has 0 aliphatic carbocycles.